The summed E-state index contributed by atoms with van der Waals surface area (Å²) in [6, 6.07) is 0. The van der Waals surface area contributed by atoms with Gasteiger partial charge in [0.25, 0.3) is 5.91 Å². The number of carbonyl (C=O) groups excluding carboxylic acids is 1. The van der Waals surface area contributed by atoms with E-state index >= 15 is 0 Å². The Morgan fingerprint density at radius 3 is 3.00 bits per heavy atom. The third kappa shape index (κ3) is 3.03. The summed E-state index contributed by atoms with van der Waals surface area (Å²) >= 11 is 0. The van der Waals surface area contributed by atoms with Crippen molar-refractivity contribution in [2.45, 2.75) is 38.8 Å². The fourth-order valence-corrected chi connectivity index (χ4v) is 1.93. The standard InChI is InChI=1S/C11H18N4O2/c1-8-12-10(14-13-8)7-15(2)11(16)9-5-3-4-6-17-9/h9H,3-7H2,1-2H3,(H,12,13,14). The Morgan fingerprint density at radius 2 is 2.41 bits per heavy atom. The van der Waals surface area contributed by atoms with Gasteiger partial charge in [0.2, 0.25) is 0 Å². The second kappa shape index (κ2) is 5.27. The molecule has 1 atom stereocenters. The van der Waals surface area contributed by atoms with Crippen molar-refractivity contribution in [2.75, 3.05) is 13.7 Å². The van der Waals surface area contributed by atoms with Crippen molar-refractivity contribution < 1.29 is 9.53 Å². The number of H-pyrrole nitrogens is 1. The smallest absolute Gasteiger partial charge is 0.251 e. The number of amides is 1. The van der Waals surface area contributed by atoms with Gasteiger partial charge in [0.15, 0.2) is 5.82 Å². The predicted octanol–water partition coefficient (Wildman–Crippen LogP) is 0.641. The van der Waals surface area contributed by atoms with Crippen molar-refractivity contribution in [3.05, 3.63) is 11.6 Å². The summed E-state index contributed by atoms with van der Waals surface area (Å²) < 4.78 is 5.46. The number of aromatic amines is 1. The number of carbonyl (C=O) groups is 1. The Hall–Kier alpha value is -1.43. The van der Waals surface area contributed by atoms with E-state index in [2.05, 4.69) is 15.2 Å². The Labute approximate surface area is 100 Å². The fraction of sp³-hybridized carbons (Fsp3) is 0.727. The molecule has 0 aromatic carbocycles. The number of nitrogens with zero attached hydrogens (tertiary/aromatic N) is 3. The topological polar surface area (TPSA) is 71.1 Å². The van der Waals surface area contributed by atoms with Crippen LogP contribution in [0.25, 0.3) is 0 Å². The number of nitrogens with one attached hydrogen (secondary N) is 1. The molecule has 1 aliphatic rings. The first-order chi connectivity index (χ1) is 8.16. The highest BCUT2D eigenvalue weighted by atomic mass is 16.5. The Morgan fingerprint density at radius 1 is 1.59 bits per heavy atom. The van der Waals surface area contributed by atoms with Crippen molar-refractivity contribution in [1.82, 2.24) is 20.1 Å². The van der Waals surface area contributed by atoms with Crippen LogP contribution in [0.2, 0.25) is 0 Å². The van der Waals surface area contributed by atoms with Crippen LogP contribution < -0.4 is 0 Å². The third-order valence-corrected chi connectivity index (χ3v) is 2.85. The number of aromatic nitrogens is 3. The van der Waals surface area contributed by atoms with E-state index in [0.29, 0.717) is 19.0 Å². The summed E-state index contributed by atoms with van der Waals surface area (Å²) in [6.45, 7) is 2.94. The van der Waals surface area contributed by atoms with Crippen LogP contribution in [0.15, 0.2) is 0 Å². The predicted molar refractivity (Wildman–Crippen MR) is 61.2 cm³/mol. The van der Waals surface area contributed by atoms with Gasteiger partial charge in [-0.15, -0.1) is 0 Å². The molecule has 2 heterocycles. The van der Waals surface area contributed by atoms with Crippen LogP contribution in [0.5, 0.6) is 0 Å². The zero-order valence-electron chi connectivity index (χ0n) is 10.3. The highest BCUT2D eigenvalue weighted by Crippen LogP contribution is 2.15. The van der Waals surface area contributed by atoms with E-state index in [9.17, 15) is 4.79 Å². The largest absolute Gasteiger partial charge is 0.368 e. The molecular formula is C11H18N4O2. The van der Waals surface area contributed by atoms with Gasteiger partial charge in [0.1, 0.15) is 11.9 Å². The molecule has 1 aromatic heterocycles. The molecule has 17 heavy (non-hydrogen) atoms. The van der Waals surface area contributed by atoms with Crippen LogP contribution in [-0.2, 0) is 16.1 Å². The Kier molecular flexibility index (Phi) is 3.73. The summed E-state index contributed by atoms with van der Waals surface area (Å²) in [5.74, 6) is 1.41. The molecule has 1 fully saturated rings. The fourth-order valence-electron chi connectivity index (χ4n) is 1.93. The summed E-state index contributed by atoms with van der Waals surface area (Å²) in [5, 5.41) is 6.77. The van der Waals surface area contributed by atoms with E-state index in [1.807, 2.05) is 6.92 Å². The van der Waals surface area contributed by atoms with E-state index in [1.54, 1.807) is 11.9 Å². The molecule has 1 N–H and O–H groups in total. The number of hydrogen-bond acceptors (Lipinski definition) is 4. The molecule has 1 saturated heterocycles. The average Bonchev–Trinajstić information content (AvgIpc) is 2.75. The van der Waals surface area contributed by atoms with Crippen molar-refractivity contribution in [2.24, 2.45) is 0 Å². The van der Waals surface area contributed by atoms with Crippen molar-refractivity contribution in [3.63, 3.8) is 0 Å². The summed E-state index contributed by atoms with van der Waals surface area (Å²) in [4.78, 5) is 17.8. The maximum atomic E-state index is 12.0. The van der Waals surface area contributed by atoms with E-state index in [4.69, 9.17) is 4.74 Å². The minimum atomic E-state index is -0.284. The lowest BCUT2D eigenvalue weighted by atomic mass is 10.1. The molecule has 1 unspecified atom stereocenters. The van der Waals surface area contributed by atoms with Gasteiger partial charge in [-0.25, -0.2) is 4.98 Å². The molecule has 94 valence electrons. The van der Waals surface area contributed by atoms with Crippen LogP contribution in [0.4, 0.5) is 0 Å². The molecule has 1 amide bonds. The molecule has 0 saturated carbocycles. The lowest BCUT2D eigenvalue weighted by Crippen LogP contribution is -2.39. The molecule has 2 rings (SSSR count). The maximum absolute atomic E-state index is 12.0. The Balaban J connectivity index is 1.90. The number of ether oxygens (including phenoxy) is 1. The molecule has 1 aromatic rings. The Bertz CT molecular complexity index is 385. The molecule has 0 bridgehead atoms. The van der Waals surface area contributed by atoms with E-state index in [-0.39, 0.29) is 12.0 Å². The lowest BCUT2D eigenvalue weighted by molar-refractivity contribution is -0.145. The van der Waals surface area contributed by atoms with Crippen LogP contribution in [0.1, 0.15) is 30.9 Å². The summed E-state index contributed by atoms with van der Waals surface area (Å²) in [6.07, 6.45) is 2.64. The molecule has 0 aliphatic carbocycles. The maximum Gasteiger partial charge on any atom is 0.251 e. The van der Waals surface area contributed by atoms with Crippen molar-refractivity contribution in [3.8, 4) is 0 Å². The number of likely N-dealkylation sites (N-methyl/N-ethyl adjacent to an activating group) is 1. The first-order valence-corrected chi connectivity index (χ1v) is 5.91. The van der Waals surface area contributed by atoms with Crippen LogP contribution in [-0.4, -0.2) is 45.7 Å². The zero-order chi connectivity index (χ0) is 12.3. The van der Waals surface area contributed by atoms with E-state index in [1.165, 1.54) is 0 Å². The van der Waals surface area contributed by atoms with Gasteiger partial charge in [-0.1, -0.05) is 0 Å². The summed E-state index contributed by atoms with van der Waals surface area (Å²) in [7, 11) is 1.76. The molecule has 6 nitrogen and oxygen atoms in total. The van der Waals surface area contributed by atoms with Crippen molar-refractivity contribution in [1.29, 1.82) is 0 Å². The second-order valence-corrected chi connectivity index (χ2v) is 4.39. The van der Waals surface area contributed by atoms with Crippen LogP contribution in [0.3, 0.4) is 0 Å². The van der Waals surface area contributed by atoms with Gasteiger partial charge in [-0.3, -0.25) is 9.89 Å². The van der Waals surface area contributed by atoms with Crippen molar-refractivity contribution >= 4 is 5.91 Å². The van der Waals surface area contributed by atoms with Gasteiger partial charge in [-0.2, -0.15) is 5.10 Å². The third-order valence-electron chi connectivity index (χ3n) is 2.85. The van der Waals surface area contributed by atoms with Gasteiger partial charge in [-0.05, 0) is 26.2 Å². The lowest BCUT2D eigenvalue weighted by Gasteiger charge is -2.26. The highest BCUT2D eigenvalue weighted by Gasteiger charge is 2.25. The van der Waals surface area contributed by atoms with E-state index < -0.39 is 0 Å². The number of rotatable bonds is 3. The summed E-state index contributed by atoms with van der Waals surface area (Å²) in [5.41, 5.74) is 0. The highest BCUT2D eigenvalue weighted by molar-refractivity contribution is 5.80. The quantitative estimate of drug-likeness (QED) is 0.839. The first-order valence-electron chi connectivity index (χ1n) is 5.91. The van der Waals surface area contributed by atoms with E-state index in [0.717, 1.165) is 25.1 Å². The van der Waals surface area contributed by atoms with Crippen LogP contribution >= 0.6 is 0 Å². The SMILES string of the molecule is Cc1nc(CN(C)C(=O)C2CCCCO2)n[nH]1. The monoisotopic (exact) mass is 238 g/mol. The minimum Gasteiger partial charge on any atom is -0.368 e. The molecular weight excluding hydrogens is 220 g/mol. The van der Waals surface area contributed by atoms with Gasteiger partial charge < -0.3 is 9.64 Å². The van der Waals surface area contributed by atoms with Crippen LogP contribution in [0, 0.1) is 6.92 Å². The number of hydrogen-bond donors (Lipinski definition) is 1. The number of aryl methyl sites for hydroxylation is 1. The normalized spacial score (nSPS) is 20.2. The molecule has 0 spiro atoms. The average molecular weight is 238 g/mol. The first kappa shape index (κ1) is 12.0. The zero-order valence-corrected chi connectivity index (χ0v) is 10.3. The van der Waals surface area contributed by atoms with Gasteiger partial charge in [0.05, 0.1) is 6.54 Å². The molecule has 1 aliphatic heterocycles. The second-order valence-electron chi connectivity index (χ2n) is 4.39. The van der Waals surface area contributed by atoms with Gasteiger partial charge >= 0.3 is 0 Å². The molecule has 0 radical (unpaired) electrons. The minimum absolute atomic E-state index is 0.0205. The molecule has 6 heteroatoms. The van der Waals surface area contributed by atoms with Gasteiger partial charge in [0, 0.05) is 13.7 Å².